The summed E-state index contributed by atoms with van der Waals surface area (Å²) < 4.78 is 5.13. The number of nitro benzene ring substituents is 1. The van der Waals surface area contributed by atoms with Gasteiger partial charge in [-0.1, -0.05) is 12.1 Å². The van der Waals surface area contributed by atoms with Gasteiger partial charge in [-0.05, 0) is 34.5 Å². The Morgan fingerprint density at radius 3 is 2.65 bits per heavy atom. The third-order valence-electron chi connectivity index (χ3n) is 3.96. The zero-order valence-corrected chi connectivity index (χ0v) is 13.9. The van der Waals surface area contributed by atoms with Gasteiger partial charge in [-0.15, -0.1) is 0 Å². The molecule has 0 amide bonds. The first-order chi connectivity index (χ1) is 12.6. The van der Waals surface area contributed by atoms with E-state index < -0.39 is 16.3 Å². The van der Waals surface area contributed by atoms with E-state index in [0.717, 1.165) is 11.1 Å². The average Bonchev–Trinajstić information content (AvgIpc) is 3.16. The number of nitro groups is 1. The molecule has 128 valence electrons. The molecule has 26 heavy (non-hydrogen) atoms. The van der Waals surface area contributed by atoms with Crippen molar-refractivity contribution in [1.29, 1.82) is 0 Å². The van der Waals surface area contributed by atoms with E-state index in [4.69, 9.17) is 4.42 Å². The van der Waals surface area contributed by atoms with E-state index >= 15 is 0 Å². The van der Waals surface area contributed by atoms with Gasteiger partial charge in [0.1, 0.15) is 11.3 Å². The molecule has 0 unspecified atom stereocenters. The van der Waals surface area contributed by atoms with Gasteiger partial charge in [0.05, 0.1) is 16.0 Å². The van der Waals surface area contributed by atoms with Crippen molar-refractivity contribution in [2.24, 2.45) is 0 Å². The van der Waals surface area contributed by atoms with Gasteiger partial charge in [-0.3, -0.25) is 15.1 Å². The zero-order chi connectivity index (χ0) is 18.3. The molecular formula is C18H10N2O5S. The van der Waals surface area contributed by atoms with Gasteiger partial charge in [0, 0.05) is 17.8 Å². The van der Waals surface area contributed by atoms with Crippen LogP contribution in [-0.2, 0) is 0 Å². The number of aromatic hydroxyl groups is 1. The number of pyridine rings is 1. The quantitative estimate of drug-likeness (QED) is 0.331. The lowest BCUT2D eigenvalue weighted by atomic mass is 10.1. The minimum Gasteiger partial charge on any atom is -0.506 e. The van der Waals surface area contributed by atoms with Gasteiger partial charge in [-0.2, -0.15) is 11.3 Å². The van der Waals surface area contributed by atoms with Crippen LogP contribution in [0.15, 0.2) is 62.6 Å². The van der Waals surface area contributed by atoms with E-state index in [-0.39, 0.29) is 27.9 Å². The highest BCUT2D eigenvalue weighted by Crippen LogP contribution is 2.36. The standard InChI is InChI=1S/C18H10N2O5S/c21-16-12-2-1-3-14(20(23)24)17(12)25-18(22)15(16)13-5-4-10(8-19-13)11-6-7-26-9-11/h1-9,21H. The molecule has 0 aliphatic carbocycles. The lowest BCUT2D eigenvalue weighted by molar-refractivity contribution is -0.383. The molecule has 1 N–H and O–H groups in total. The first kappa shape index (κ1) is 16.0. The molecule has 7 nitrogen and oxygen atoms in total. The van der Waals surface area contributed by atoms with Crippen molar-refractivity contribution >= 4 is 28.0 Å². The summed E-state index contributed by atoms with van der Waals surface area (Å²) in [7, 11) is 0. The lowest BCUT2D eigenvalue weighted by Crippen LogP contribution is -2.05. The van der Waals surface area contributed by atoms with Gasteiger partial charge in [0.25, 0.3) is 0 Å². The van der Waals surface area contributed by atoms with E-state index in [9.17, 15) is 20.0 Å². The smallest absolute Gasteiger partial charge is 0.349 e. The summed E-state index contributed by atoms with van der Waals surface area (Å²) in [5.74, 6) is -0.393. The van der Waals surface area contributed by atoms with Gasteiger partial charge >= 0.3 is 11.3 Å². The maximum absolute atomic E-state index is 12.4. The Bertz CT molecular complexity index is 1180. The molecule has 3 heterocycles. The van der Waals surface area contributed by atoms with Crippen LogP contribution in [0.3, 0.4) is 0 Å². The molecular weight excluding hydrogens is 356 g/mol. The lowest BCUT2D eigenvalue weighted by Gasteiger charge is -2.07. The summed E-state index contributed by atoms with van der Waals surface area (Å²) in [6.45, 7) is 0. The summed E-state index contributed by atoms with van der Waals surface area (Å²) in [6.07, 6.45) is 1.59. The number of benzene rings is 1. The fourth-order valence-corrected chi connectivity index (χ4v) is 3.37. The van der Waals surface area contributed by atoms with Crippen LogP contribution in [0, 0.1) is 10.1 Å². The van der Waals surface area contributed by atoms with Crippen LogP contribution in [0.5, 0.6) is 5.75 Å². The van der Waals surface area contributed by atoms with Crippen molar-refractivity contribution in [3.05, 3.63) is 73.9 Å². The van der Waals surface area contributed by atoms with Gasteiger partial charge in [0.2, 0.25) is 5.58 Å². The summed E-state index contributed by atoms with van der Waals surface area (Å²) >= 11 is 1.56. The molecule has 0 spiro atoms. The summed E-state index contributed by atoms with van der Waals surface area (Å²) in [5.41, 5.74) is 0.425. The minimum absolute atomic E-state index is 0.0810. The summed E-state index contributed by atoms with van der Waals surface area (Å²) in [4.78, 5) is 27.0. The highest BCUT2D eigenvalue weighted by Gasteiger charge is 2.22. The number of thiophene rings is 1. The Morgan fingerprint density at radius 2 is 2.00 bits per heavy atom. The highest BCUT2D eigenvalue weighted by atomic mass is 32.1. The third-order valence-corrected chi connectivity index (χ3v) is 4.64. The van der Waals surface area contributed by atoms with Crippen LogP contribution in [0.1, 0.15) is 0 Å². The Morgan fingerprint density at radius 1 is 1.15 bits per heavy atom. The summed E-state index contributed by atoms with van der Waals surface area (Å²) in [5, 5.41) is 25.6. The predicted octanol–water partition coefficient (Wildman–Crippen LogP) is 4.20. The monoisotopic (exact) mass is 366 g/mol. The molecule has 0 bridgehead atoms. The molecule has 0 aliphatic rings. The Labute approximate surface area is 150 Å². The number of aromatic nitrogens is 1. The van der Waals surface area contributed by atoms with Crippen molar-refractivity contribution in [2.75, 3.05) is 0 Å². The van der Waals surface area contributed by atoms with Crippen molar-refractivity contribution in [3.8, 4) is 28.1 Å². The molecule has 0 radical (unpaired) electrons. The molecule has 4 aromatic rings. The van der Waals surface area contributed by atoms with Crippen molar-refractivity contribution in [1.82, 2.24) is 4.98 Å². The van der Waals surface area contributed by atoms with E-state index in [0.29, 0.717) is 0 Å². The Kier molecular flexibility index (Phi) is 3.74. The van der Waals surface area contributed by atoms with Gasteiger partial charge in [-0.25, -0.2) is 4.79 Å². The molecule has 0 aliphatic heterocycles. The van der Waals surface area contributed by atoms with Gasteiger partial charge < -0.3 is 9.52 Å². The third kappa shape index (κ3) is 2.52. The molecule has 0 atom stereocenters. The van der Waals surface area contributed by atoms with Crippen LogP contribution in [0.2, 0.25) is 0 Å². The van der Waals surface area contributed by atoms with Crippen molar-refractivity contribution < 1.29 is 14.4 Å². The van der Waals surface area contributed by atoms with Crippen LogP contribution in [-0.4, -0.2) is 15.0 Å². The normalized spacial score (nSPS) is 10.9. The van der Waals surface area contributed by atoms with Gasteiger partial charge in [0.15, 0.2) is 0 Å². The molecule has 1 aromatic carbocycles. The van der Waals surface area contributed by atoms with Crippen LogP contribution in [0.4, 0.5) is 5.69 Å². The number of para-hydroxylation sites is 1. The van der Waals surface area contributed by atoms with E-state index in [2.05, 4.69) is 4.98 Å². The maximum Gasteiger partial charge on any atom is 0.349 e. The largest absolute Gasteiger partial charge is 0.506 e. The number of nitrogens with zero attached hydrogens (tertiary/aromatic N) is 2. The molecule has 8 heteroatoms. The van der Waals surface area contributed by atoms with E-state index in [1.165, 1.54) is 18.2 Å². The minimum atomic E-state index is -0.889. The topological polar surface area (TPSA) is 106 Å². The zero-order valence-electron chi connectivity index (χ0n) is 13.1. The molecule has 0 saturated heterocycles. The SMILES string of the molecule is O=c1oc2c([N+](=O)[O-])cccc2c(O)c1-c1ccc(-c2ccsc2)cn1. The average molecular weight is 366 g/mol. The van der Waals surface area contributed by atoms with Crippen LogP contribution >= 0.6 is 11.3 Å². The second-order valence-electron chi connectivity index (χ2n) is 5.47. The first-order valence-corrected chi connectivity index (χ1v) is 8.42. The summed E-state index contributed by atoms with van der Waals surface area (Å²) in [6, 6.07) is 9.39. The Balaban J connectivity index is 1.90. The second-order valence-corrected chi connectivity index (χ2v) is 6.25. The van der Waals surface area contributed by atoms with Crippen LogP contribution < -0.4 is 5.63 Å². The number of fused-ring (bicyclic) bond motifs is 1. The van der Waals surface area contributed by atoms with Crippen molar-refractivity contribution in [2.45, 2.75) is 0 Å². The second kappa shape index (κ2) is 6.08. The number of rotatable bonds is 3. The predicted molar refractivity (Wildman–Crippen MR) is 97.3 cm³/mol. The molecule has 0 saturated carbocycles. The molecule has 3 aromatic heterocycles. The number of hydrogen-bond acceptors (Lipinski definition) is 7. The maximum atomic E-state index is 12.4. The van der Waals surface area contributed by atoms with E-state index in [1.54, 1.807) is 29.7 Å². The number of hydrogen-bond donors (Lipinski definition) is 1. The van der Waals surface area contributed by atoms with Crippen molar-refractivity contribution in [3.63, 3.8) is 0 Å². The first-order valence-electron chi connectivity index (χ1n) is 7.48. The fraction of sp³-hybridized carbons (Fsp3) is 0. The molecule has 4 rings (SSSR count). The van der Waals surface area contributed by atoms with Crippen LogP contribution in [0.25, 0.3) is 33.4 Å². The van der Waals surface area contributed by atoms with E-state index in [1.807, 2.05) is 16.8 Å². The fourth-order valence-electron chi connectivity index (χ4n) is 2.70. The Hall–Kier alpha value is -3.52. The molecule has 0 fully saturated rings. The number of non-ortho nitro benzene ring substituents is 1. The highest BCUT2D eigenvalue weighted by molar-refractivity contribution is 7.08.